The summed E-state index contributed by atoms with van der Waals surface area (Å²) in [6.45, 7) is 3.48. The van der Waals surface area contributed by atoms with E-state index in [1.54, 1.807) is 31.2 Å². The van der Waals surface area contributed by atoms with E-state index in [9.17, 15) is 22.4 Å². The normalized spacial score (nSPS) is 11.9. The van der Waals surface area contributed by atoms with Crippen LogP contribution in [0.15, 0.2) is 71.6 Å². The van der Waals surface area contributed by atoms with Crippen molar-refractivity contribution in [1.82, 2.24) is 10.2 Å². The number of nitrogens with one attached hydrogen (secondary N) is 1. The largest absolute Gasteiger partial charge is 0.493 e. The molecule has 0 spiro atoms. The van der Waals surface area contributed by atoms with Crippen LogP contribution in [-0.4, -0.2) is 58.5 Å². The highest BCUT2D eigenvalue weighted by molar-refractivity contribution is 7.92. The van der Waals surface area contributed by atoms with Crippen molar-refractivity contribution >= 4 is 39.1 Å². The SMILES string of the molecule is CCCNC(=O)C(CC)N(Cc1ccc(Cl)cc1)C(=O)CN(c1ccc(F)cc1)S(=O)(=O)c1ccc(OC)c(OC)c1. The van der Waals surface area contributed by atoms with Crippen LogP contribution in [0.3, 0.4) is 0 Å². The summed E-state index contributed by atoms with van der Waals surface area (Å²) in [6, 6.07) is 14.7. The van der Waals surface area contributed by atoms with Crippen molar-refractivity contribution in [1.29, 1.82) is 0 Å². The first-order valence-corrected chi connectivity index (χ1v) is 15.2. The van der Waals surface area contributed by atoms with Crippen molar-refractivity contribution in [2.45, 2.75) is 44.2 Å². The average molecular weight is 620 g/mol. The lowest BCUT2D eigenvalue weighted by atomic mass is 10.1. The molecule has 3 aromatic rings. The van der Waals surface area contributed by atoms with Gasteiger partial charge in [0.05, 0.1) is 24.8 Å². The van der Waals surface area contributed by atoms with Gasteiger partial charge in [-0.05, 0) is 66.9 Å². The summed E-state index contributed by atoms with van der Waals surface area (Å²) in [5, 5.41) is 3.34. The molecule has 9 nitrogen and oxygen atoms in total. The van der Waals surface area contributed by atoms with Gasteiger partial charge in [-0.3, -0.25) is 13.9 Å². The molecule has 12 heteroatoms. The quantitative estimate of drug-likeness (QED) is 0.272. The molecule has 2 amide bonds. The summed E-state index contributed by atoms with van der Waals surface area (Å²) in [7, 11) is -1.59. The number of hydrogen-bond donors (Lipinski definition) is 1. The fourth-order valence-corrected chi connectivity index (χ4v) is 5.87. The van der Waals surface area contributed by atoms with E-state index in [4.69, 9.17) is 21.1 Å². The van der Waals surface area contributed by atoms with Crippen LogP contribution in [0, 0.1) is 5.82 Å². The molecule has 0 aromatic heterocycles. The first kappa shape index (κ1) is 32.7. The number of ether oxygens (including phenoxy) is 2. The van der Waals surface area contributed by atoms with E-state index in [1.807, 2.05) is 6.92 Å². The molecule has 0 radical (unpaired) electrons. The van der Waals surface area contributed by atoms with Crippen LogP contribution in [0.25, 0.3) is 0 Å². The van der Waals surface area contributed by atoms with Crippen molar-refractivity contribution in [3.8, 4) is 11.5 Å². The Kier molecular flexibility index (Phi) is 11.6. The Balaban J connectivity index is 2.08. The molecule has 0 bridgehead atoms. The van der Waals surface area contributed by atoms with Gasteiger partial charge in [-0.1, -0.05) is 37.6 Å². The molecule has 0 aliphatic rings. The van der Waals surface area contributed by atoms with Crippen molar-refractivity contribution in [3.63, 3.8) is 0 Å². The highest BCUT2D eigenvalue weighted by Crippen LogP contribution is 2.32. The van der Waals surface area contributed by atoms with Crippen LogP contribution >= 0.6 is 11.6 Å². The number of anilines is 1. The van der Waals surface area contributed by atoms with Crippen molar-refractivity contribution in [2.24, 2.45) is 0 Å². The van der Waals surface area contributed by atoms with Crippen LogP contribution in [0.1, 0.15) is 32.3 Å². The number of carbonyl (C=O) groups excluding carboxylic acids is 2. The number of amides is 2. The van der Waals surface area contributed by atoms with Gasteiger partial charge >= 0.3 is 0 Å². The van der Waals surface area contributed by atoms with Gasteiger partial charge in [0.15, 0.2) is 11.5 Å². The summed E-state index contributed by atoms with van der Waals surface area (Å²) >= 11 is 6.04. The molecular formula is C30H35ClFN3O6S. The molecule has 0 saturated heterocycles. The van der Waals surface area contributed by atoms with Crippen molar-refractivity contribution in [3.05, 3.63) is 83.1 Å². The fraction of sp³-hybridized carbons (Fsp3) is 0.333. The number of halogens is 2. The van der Waals surface area contributed by atoms with Gasteiger partial charge in [-0.25, -0.2) is 12.8 Å². The minimum atomic E-state index is -4.39. The molecular weight excluding hydrogens is 585 g/mol. The zero-order chi connectivity index (χ0) is 30.9. The third-order valence-electron chi connectivity index (χ3n) is 6.54. The lowest BCUT2D eigenvalue weighted by Crippen LogP contribution is -2.52. The Morgan fingerprint density at radius 1 is 0.952 bits per heavy atom. The van der Waals surface area contributed by atoms with E-state index in [-0.39, 0.29) is 35.2 Å². The Morgan fingerprint density at radius 2 is 1.60 bits per heavy atom. The summed E-state index contributed by atoms with van der Waals surface area (Å²) in [6.07, 6.45) is 0.989. The van der Waals surface area contributed by atoms with E-state index in [1.165, 1.54) is 49.5 Å². The number of nitrogens with zero attached hydrogens (tertiary/aromatic N) is 2. The lowest BCUT2D eigenvalue weighted by Gasteiger charge is -2.33. The number of hydrogen-bond acceptors (Lipinski definition) is 6. The third-order valence-corrected chi connectivity index (χ3v) is 8.56. The molecule has 0 saturated carbocycles. The van der Waals surface area contributed by atoms with E-state index in [0.717, 1.165) is 16.4 Å². The predicted molar refractivity (Wildman–Crippen MR) is 160 cm³/mol. The Morgan fingerprint density at radius 3 is 2.17 bits per heavy atom. The van der Waals surface area contributed by atoms with Crippen LogP contribution in [0.4, 0.5) is 10.1 Å². The van der Waals surface area contributed by atoms with Crippen LogP contribution in [0.2, 0.25) is 5.02 Å². The van der Waals surface area contributed by atoms with Gasteiger partial charge in [-0.2, -0.15) is 0 Å². The maximum atomic E-state index is 14.0. The standard InChI is InChI=1S/C30H35ClFN3O6S/c1-5-17-33-30(37)26(6-2)34(19-21-7-9-22(31)10-8-21)29(36)20-35(24-13-11-23(32)12-14-24)42(38,39)25-15-16-27(40-3)28(18-25)41-4/h7-16,18,26H,5-6,17,19-20H2,1-4H3,(H,33,37). The van der Waals surface area contributed by atoms with Crippen LogP contribution < -0.4 is 19.1 Å². The second kappa shape index (κ2) is 14.9. The first-order valence-electron chi connectivity index (χ1n) is 13.4. The molecule has 1 atom stereocenters. The average Bonchev–Trinajstić information content (AvgIpc) is 2.99. The maximum Gasteiger partial charge on any atom is 0.264 e. The summed E-state index contributed by atoms with van der Waals surface area (Å²) in [4.78, 5) is 28.4. The Hall–Kier alpha value is -3.83. The van der Waals surface area contributed by atoms with Gasteiger partial charge in [0.2, 0.25) is 11.8 Å². The zero-order valence-electron chi connectivity index (χ0n) is 24.0. The van der Waals surface area contributed by atoms with E-state index in [0.29, 0.717) is 29.3 Å². The highest BCUT2D eigenvalue weighted by atomic mass is 35.5. The summed E-state index contributed by atoms with van der Waals surface area (Å²) < 4.78 is 53.3. The predicted octanol–water partition coefficient (Wildman–Crippen LogP) is 5.03. The summed E-state index contributed by atoms with van der Waals surface area (Å²) in [5.41, 5.74) is 0.764. The van der Waals surface area contributed by atoms with Gasteiger partial charge in [0.1, 0.15) is 18.4 Å². The molecule has 1 unspecified atom stereocenters. The Bertz CT molecular complexity index is 1470. The second-order valence-corrected chi connectivity index (χ2v) is 11.7. The number of rotatable bonds is 14. The van der Waals surface area contributed by atoms with Crippen LogP contribution in [0.5, 0.6) is 11.5 Å². The monoisotopic (exact) mass is 619 g/mol. The molecule has 0 fully saturated rings. The lowest BCUT2D eigenvalue weighted by molar-refractivity contribution is -0.140. The molecule has 226 valence electrons. The molecule has 42 heavy (non-hydrogen) atoms. The highest BCUT2D eigenvalue weighted by Gasteiger charge is 2.34. The topological polar surface area (TPSA) is 105 Å². The Labute approximate surface area is 251 Å². The molecule has 0 aliphatic heterocycles. The molecule has 1 N–H and O–H groups in total. The van der Waals surface area contributed by atoms with Gasteiger partial charge in [0.25, 0.3) is 10.0 Å². The molecule has 3 aromatic carbocycles. The molecule has 3 rings (SSSR count). The molecule has 0 aliphatic carbocycles. The van der Waals surface area contributed by atoms with Crippen molar-refractivity contribution in [2.75, 3.05) is 31.6 Å². The fourth-order valence-electron chi connectivity index (χ4n) is 4.31. The zero-order valence-corrected chi connectivity index (χ0v) is 25.5. The first-order chi connectivity index (χ1) is 20.0. The smallest absolute Gasteiger partial charge is 0.264 e. The molecule has 0 heterocycles. The summed E-state index contributed by atoms with van der Waals surface area (Å²) in [5.74, 6) is -1.06. The number of carbonyl (C=O) groups is 2. The van der Waals surface area contributed by atoms with Gasteiger partial charge in [-0.15, -0.1) is 0 Å². The second-order valence-electron chi connectivity index (χ2n) is 9.37. The van der Waals surface area contributed by atoms with E-state index < -0.39 is 34.3 Å². The van der Waals surface area contributed by atoms with E-state index in [2.05, 4.69) is 5.32 Å². The van der Waals surface area contributed by atoms with Gasteiger partial charge in [0, 0.05) is 24.2 Å². The van der Waals surface area contributed by atoms with Crippen molar-refractivity contribution < 1.29 is 31.9 Å². The van der Waals surface area contributed by atoms with Crippen LogP contribution in [-0.2, 0) is 26.2 Å². The third kappa shape index (κ3) is 7.92. The van der Waals surface area contributed by atoms with Gasteiger partial charge < -0.3 is 19.7 Å². The number of sulfonamides is 1. The maximum absolute atomic E-state index is 14.0. The van der Waals surface area contributed by atoms with E-state index >= 15 is 0 Å². The minimum absolute atomic E-state index is 0.0295. The number of benzene rings is 3. The number of methoxy groups -OCH3 is 2. The minimum Gasteiger partial charge on any atom is -0.493 e.